The van der Waals surface area contributed by atoms with Crippen LogP contribution in [0.2, 0.25) is 0 Å². The van der Waals surface area contributed by atoms with Crippen molar-refractivity contribution in [1.29, 1.82) is 0 Å². The van der Waals surface area contributed by atoms with Crippen molar-refractivity contribution in [2.45, 2.75) is 26.7 Å². The average Bonchev–Trinajstić information content (AvgIpc) is 1.83. The first-order valence-electron chi connectivity index (χ1n) is 3.16. The van der Waals surface area contributed by atoms with E-state index in [0.717, 1.165) is 6.42 Å². The molecule has 3 N–H and O–H groups in total. The lowest BCUT2D eigenvalue weighted by atomic mass is 10.1. The van der Waals surface area contributed by atoms with E-state index in [4.69, 9.17) is 5.84 Å². The molecule has 1 amide bonds. The molecule has 62 valence electrons. The van der Waals surface area contributed by atoms with Gasteiger partial charge in [-0.15, -0.1) is 12.4 Å². The molecule has 10 heavy (non-hydrogen) atoms. The summed E-state index contributed by atoms with van der Waals surface area (Å²) in [7, 11) is 0. The maximum Gasteiger partial charge on any atom is 0.233 e. The summed E-state index contributed by atoms with van der Waals surface area (Å²) >= 11 is 0. The van der Waals surface area contributed by atoms with Gasteiger partial charge in [0.2, 0.25) is 5.91 Å². The molecule has 0 aliphatic heterocycles. The van der Waals surface area contributed by atoms with E-state index in [0.29, 0.717) is 12.3 Å². The molecule has 0 rings (SSSR count). The van der Waals surface area contributed by atoms with E-state index in [-0.39, 0.29) is 18.3 Å². The van der Waals surface area contributed by atoms with E-state index < -0.39 is 0 Å². The van der Waals surface area contributed by atoms with Gasteiger partial charge in [-0.25, -0.2) is 5.84 Å². The average molecular weight is 167 g/mol. The molecule has 0 saturated carbocycles. The van der Waals surface area contributed by atoms with E-state index in [2.05, 4.69) is 19.3 Å². The summed E-state index contributed by atoms with van der Waals surface area (Å²) in [6.45, 7) is 4.15. The summed E-state index contributed by atoms with van der Waals surface area (Å²) < 4.78 is 0. The van der Waals surface area contributed by atoms with Gasteiger partial charge in [0.1, 0.15) is 0 Å². The lowest BCUT2D eigenvalue weighted by Gasteiger charge is -2.01. The number of nitrogens with two attached hydrogens (primary N) is 1. The Bertz CT molecular complexity index is 95.7. The summed E-state index contributed by atoms with van der Waals surface area (Å²) in [4.78, 5) is 10.5. The van der Waals surface area contributed by atoms with Gasteiger partial charge in [-0.05, 0) is 12.3 Å². The monoisotopic (exact) mass is 166 g/mol. The number of amides is 1. The van der Waals surface area contributed by atoms with Crippen molar-refractivity contribution < 1.29 is 4.79 Å². The summed E-state index contributed by atoms with van der Waals surface area (Å²) in [5.41, 5.74) is 2.08. The molecule has 4 heteroatoms. The highest BCUT2D eigenvalue weighted by molar-refractivity contribution is 5.85. The Morgan fingerprint density at radius 2 is 2.10 bits per heavy atom. The van der Waals surface area contributed by atoms with Crippen molar-refractivity contribution >= 4 is 18.3 Å². The molecule has 0 spiro atoms. The molecule has 0 aromatic carbocycles. The Morgan fingerprint density at radius 3 is 2.40 bits per heavy atom. The second kappa shape index (κ2) is 6.83. The minimum atomic E-state index is -0.0799. The van der Waals surface area contributed by atoms with Gasteiger partial charge >= 0.3 is 0 Å². The van der Waals surface area contributed by atoms with Crippen LogP contribution in [0.25, 0.3) is 0 Å². The molecule has 0 radical (unpaired) electrons. The number of halogens is 1. The maximum absolute atomic E-state index is 10.5. The van der Waals surface area contributed by atoms with Gasteiger partial charge < -0.3 is 0 Å². The number of hydrogen-bond donors (Lipinski definition) is 2. The largest absolute Gasteiger partial charge is 0.294 e. The van der Waals surface area contributed by atoms with Crippen LogP contribution in [0.15, 0.2) is 0 Å². The molecule has 0 bridgehead atoms. The predicted octanol–water partition coefficient (Wildman–Crippen LogP) is 0.834. The number of carbonyl (C=O) groups excluding carboxylic acids is 1. The number of hydrogen-bond acceptors (Lipinski definition) is 2. The summed E-state index contributed by atoms with van der Waals surface area (Å²) in [6, 6.07) is 0. The third-order valence-electron chi connectivity index (χ3n) is 1.11. The second-order valence-electron chi connectivity index (χ2n) is 2.50. The van der Waals surface area contributed by atoms with E-state index in [1.165, 1.54) is 0 Å². The number of rotatable bonds is 3. The Kier molecular flexibility index (Phi) is 8.48. The van der Waals surface area contributed by atoms with Crippen molar-refractivity contribution in [3.63, 3.8) is 0 Å². The molecule has 0 saturated heterocycles. The van der Waals surface area contributed by atoms with Gasteiger partial charge in [0, 0.05) is 6.42 Å². The number of nitrogens with one attached hydrogen (secondary N) is 1. The molecule has 0 unspecified atom stereocenters. The van der Waals surface area contributed by atoms with Crippen LogP contribution in [-0.4, -0.2) is 5.91 Å². The summed E-state index contributed by atoms with van der Waals surface area (Å²) in [5.74, 6) is 5.35. The fourth-order valence-electron chi connectivity index (χ4n) is 0.492. The highest BCUT2D eigenvalue weighted by Crippen LogP contribution is 2.01. The van der Waals surface area contributed by atoms with E-state index in [1.807, 2.05) is 0 Å². The number of carbonyl (C=O) groups is 1. The molecular formula is C6H15ClN2O. The first kappa shape index (κ1) is 12.4. The number of hydrazine groups is 1. The first-order valence-corrected chi connectivity index (χ1v) is 3.16. The van der Waals surface area contributed by atoms with Crippen molar-refractivity contribution in [3.8, 4) is 0 Å². The molecular weight excluding hydrogens is 152 g/mol. The SMILES string of the molecule is CC(C)CCC(=O)NN.Cl. The molecule has 0 fully saturated rings. The minimum absolute atomic E-state index is 0. The summed E-state index contributed by atoms with van der Waals surface area (Å²) in [6.07, 6.45) is 1.44. The highest BCUT2D eigenvalue weighted by Gasteiger charge is 1.99. The van der Waals surface area contributed by atoms with Crippen LogP contribution in [0.1, 0.15) is 26.7 Å². The van der Waals surface area contributed by atoms with Gasteiger partial charge in [-0.3, -0.25) is 10.2 Å². The lowest BCUT2D eigenvalue weighted by molar-refractivity contribution is -0.121. The Balaban J connectivity index is 0. The molecule has 0 aromatic heterocycles. The van der Waals surface area contributed by atoms with Gasteiger partial charge in [-0.1, -0.05) is 13.8 Å². The second-order valence-corrected chi connectivity index (χ2v) is 2.50. The van der Waals surface area contributed by atoms with E-state index >= 15 is 0 Å². The van der Waals surface area contributed by atoms with Crippen LogP contribution in [-0.2, 0) is 4.79 Å². The maximum atomic E-state index is 10.5. The van der Waals surface area contributed by atoms with E-state index in [1.54, 1.807) is 0 Å². The lowest BCUT2D eigenvalue weighted by Crippen LogP contribution is -2.29. The summed E-state index contributed by atoms with van der Waals surface area (Å²) in [5, 5.41) is 0. The first-order chi connectivity index (χ1) is 4.16. The molecule has 0 atom stereocenters. The van der Waals surface area contributed by atoms with E-state index in [9.17, 15) is 4.79 Å². The van der Waals surface area contributed by atoms with Gasteiger partial charge in [-0.2, -0.15) is 0 Å². The van der Waals surface area contributed by atoms with Gasteiger partial charge in [0.15, 0.2) is 0 Å². The Morgan fingerprint density at radius 1 is 1.60 bits per heavy atom. The highest BCUT2D eigenvalue weighted by atomic mass is 35.5. The quantitative estimate of drug-likeness (QED) is 0.371. The van der Waals surface area contributed by atoms with Gasteiger partial charge in [0.25, 0.3) is 0 Å². The van der Waals surface area contributed by atoms with Crippen LogP contribution < -0.4 is 11.3 Å². The smallest absolute Gasteiger partial charge is 0.233 e. The minimum Gasteiger partial charge on any atom is -0.294 e. The standard InChI is InChI=1S/C6H14N2O.ClH/c1-5(2)3-4-6(9)8-7;/h5H,3-4,7H2,1-2H3,(H,8,9);1H. The normalized spacial score (nSPS) is 8.80. The molecule has 0 aliphatic carbocycles. The predicted molar refractivity (Wildman–Crippen MR) is 43.7 cm³/mol. The van der Waals surface area contributed by atoms with Crippen LogP contribution in [0.4, 0.5) is 0 Å². The van der Waals surface area contributed by atoms with Crippen molar-refractivity contribution in [3.05, 3.63) is 0 Å². The zero-order valence-corrected chi connectivity index (χ0v) is 7.20. The van der Waals surface area contributed by atoms with Crippen LogP contribution in [0, 0.1) is 5.92 Å². The topological polar surface area (TPSA) is 55.1 Å². The van der Waals surface area contributed by atoms with Gasteiger partial charge in [0.05, 0.1) is 0 Å². The Hall–Kier alpha value is -0.280. The zero-order chi connectivity index (χ0) is 7.28. The molecule has 3 nitrogen and oxygen atoms in total. The van der Waals surface area contributed by atoms with Crippen molar-refractivity contribution in [2.75, 3.05) is 0 Å². The zero-order valence-electron chi connectivity index (χ0n) is 6.39. The fraction of sp³-hybridized carbons (Fsp3) is 0.833. The van der Waals surface area contributed by atoms with Crippen molar-refractivity contribution in [1.82, 2.24) is 5.43 Å². The van der Waals surface area contributed by atoms with Crippen LogP contribution in [0.3, 0.4) is 0 Å². The van der Waals surface area contributed by atoms with Crippen LogP contribution >= 0.6 is 12.4 Å². The third-order valence-corrected chi connectivity index (χ3v) is 1.11. The van der Waals surface area contributed by atoms with Crippen LogP contribution in [0.5, 0.6) is 0 Å². The molecule has 0 heterocycles. The van der Waals surface area contributed by atoms with Crippen molar-refractivity contribution in [2.24, 2.45) is 11.8 Å². The third kappa shape index (κ3) is 7.72. The fourth-order valence-corrected chi connectivity index (χ4v) is 0.492. The molecule has 0 aromatic rings. The molecule has 0 aliphatic rings. The Labute approximate surface area is 67.7 Å².